The average Bonchev–Trinajstić information content (AvgIpc) is 2.90. The van der Waals surface area contributed by atoms with E-state index in [-0.39, 0.29) is 11.6 Å². The number of benzene rings is 4. The van der Waals surface area contributed by atoms with Crippen LogP contribution >= 0.6 is 0 Å². The molecule has 166 valence electrons. The van der Waals surface area contributed by atoms with Crippen molar-refractivity contribution in [3.05, 3.63) is 132 Å². The Balaban J connectivity index is 1.57. The summed E-state index contributed by atoms with van der Waals surface area (Å²) in [6.45, 7) is 1.90. The minimum atomic E-state index is -0.391. The largest absolute Gasteiger partial charge is 0.345 e. The Kier molecular flexibility index (Phi) is 7.17. The highest BCUT2D eigenvalue weighted by Crippen LogP contribution is 2.34. The lowest BCUT2D eigenvalue weighted by atomic mass is 10.1. The van der Waals surface area contributed by atoms with E-state index in [9.17, 15) is 10.1 Å². The van der Waals surface area contributed by atoms with Gasteiger partial charge in [-0.25, -0.2) is 0 Å². The van der Waals surface area contributed by atoms with Gasteiger partial charge in [-0.15, -0.1) is 0 Å². The maximum absolute atomic E-state index is 12.7. The molecule has 4 aromatic rings. The topological polar surface area (TPSA) is 56.1 Å². The fourth-order valence-corrected chi connectivity index (χ4v) is 3.74. The number of amides is 1. The molecule has 4 heteroatoms. The van der Waals surface area contributed by atoms with E-state index < -0.39 is 5.91 Å². The molecule has 0 fully saturated rings. The molecule has 1 amide bonds. The van der Waals surface area contributed by atoms with Crippen molar-refractivity contribution in [3.63, 3.8) is 0 Å². The number of hydrogen-bond donors (Lipinski definition) is 1. The molecule has 0 aliphatic heterocycles. The summed E-state index contributed by atoms with van der Waals surface area (Å²) in [5.74, 6) is -0.391. The quantitative estimate of drug-likeness (QED) is 0.249. The molecular formula is C30H25N3O. The van der Waals surface area contributed by atoms with Crippen molar-refractivity contribution >= 4 is 29.0 Å². The molecule has 1 N–H and O–H groups in total. The zero-order valence-electron chi connectivity index (χ0n) is 18.9. The van der Waals surface area contributed by atoms with E-state index >= 15 is 0 Å². The summed E-state index contributed by atoms with van der Waals surface area (Å²) < 4.78 is 0. The Hall–Kier alpha value is -4.62. The summed E-state index contributed by atoms with van der Waals surface area (Å²) in [5.41, 5.74) is 4.91. The fourth-order valence-electron chi connectivity index (χ4n) is 3.74. The number of nitrogens with zero attached hydrogens (tertiary/aromatic N) is 2. The predicted molar refractivity (Wildman–Crippen MR) is 138 cm³/mol. The number of carbonyl (C=O) groups is 1. The summed E-state index contributed by atoms with van der Waals surface area (Å²) in [4.78, 5) is 14.9. The van der Waals surface area contributed by atoms with Crippen LogP contribution < -0.4 is 10.2 Å². The summed E-state index contributed by atoms with van der Waals surface area (Å²) in [6.07, 6.45) is 1.62. The number of hydrogen-bond acceptors (Lipinski definition) is 3. The number of carbonyl (C=O) groups excluding carboxylic acids is 1. The first kappa shape index (κ1) is 22.6. The van der Waals surface area contributed by atoms with Crippen LogP contribution in [0.15, 0.2) is 121 Å². The van der Waals surface area contributed by atoms with E-state index in [4.69, 9.17) is 0 Å². The molecular weight excluding hydrogens is 418 g/mol. The second-order valence-electron chi connectivity index (χ2n) is 7.87. The van der Waals surface area contributed by atoms with Gasteiger partial charge in [-0.05, 0) is 60.5 Å². The van der Waals surface area contributed by atoms with Crippen molar-refractivity contribution < 1.29 is 4.79 Å². The molecule has 4 aromatic carbocycles. The van der Waals surface area contributed by atoms with E-state index in [2.05, 4.69) is 34.5 Å². The maximum Gasteiger partial charge on any atom is 0.262 e. The third kappa shape index (κ3) is 5.40. The number of nitriles is 1. The second kappa shape index (κ2) is 10.8. The van der Waals surface area contributed by atoms with Gasteiger partial charge >= 0.3 is 0 Å². The van der Waals surface area contributed by atoms with Gasteiger partial charge in [0, 0.05) is 17.1 Å². The van der Waals surface area contributed by atoms with Gasteiger partial charge in [0.05, 0.1) is 6.04 Å². The highest BCUT2D eigenvalue weighted by molar-refractivity contribution is 6.01. The van der Waals surface area contributed by atoms with Crippen LogP contribution in [0.3, 0.4) is 0 Å². The van der Waals surface area contributed by atoms with Crippen LogP contribution in [0.25, 0.3) is 6.08 Å². The molecule has 0 spiro atoms. The monoisotopic (exact) mass is 443 g/mol. The van der Waals surface area contributed by atoms with E-state index in [1.807, 2.05) is 104 Å². The number of para-hydroxylation sites is 2. The van der Waals surface area contributed by atoms with Crippen molar-refractivity contribution in [1.82, 2.24) is 5.32 Å². The second-order valence-corrected chi connectivity index (χ2v) is 7.87. The van der Waals surface area contributed by atoms with Gasteiger partial charge in [0.2, 0.25) is 0 Å². The molecule has 0 radical (unpaired) electrons. The third-order valence-electron chi connectivity index (χ3n) is 5.50. The summed E-state index contributed by atoms with van der Waals surface area (Å²) in [6, 6.07) is 39.6. The minimum Gasteiger partial charge on any atom is -0.345 e. The van der Waals surface area contributed by atoms with Gasteiger partial charge in [0.1, 0.15) is 11.6 Å². The van der Waals surface area contributed by atoms with E-state index in [0.717, 1.165) is 28.2 Å². The van der Waals surface area contributed by atoms with Crippen LogP contribution in [-0.4, -0.2) is 5.91 Å². The normalized spacial score (nSPS) is 11.8. The van der Waals surface area contributed by atoms with Crippen molar-refractivity contribution in [1.29, 1.82) is 5.26 Å². The fraction of sp³-hybridized carbons (Fsp3) is 0.0667. The molecule has 0 saturated heterocycles. The Labute approximate surface area is 200 Å². The van der Waals surface area contributed by atoms with Crippen LogP contribution in [0.1, 0.15) is 24.1 Å². The van der Waals surface area contributed by atoms with Crippen molar-refractivity contribution in [2.75, 3.05) is 4.90 Å². The van der Waals surface area contributed by atoms with Crippen LogP contribution in [0.5, 0.6) is 0 Å². The third-order valence-corrected chi connectivity index (χ3v) is 5.50. The molecule has 0 aliphatic carbocycles. The standard InChI is InChI=1S/C30H25N3O/c1-23(25-11-5-2-6-12-25)32-30(34)26(22-31)21-24-17-19-29(20-18-24)33(27-13-7-3-8-14-27)28-15-9-4-10-16-28/h2-21,23H,1H3,(H,32,34)/b26-21+/t23-/m0/s1. The van der Waals surface area contributed by atoms with Gasteiger partial charge in [-0.1, -0.05) is 78.9 Å². The molecule has 0 heterocycles. The zero-order valence-corrected chi connectivity index (χ0v) is 18.9. The lowest BCUT2D eigenvalue weighted by molar-refractivity contribution is -0.117. The molecule has 34 heavy (non-hydrogen) atoms. The Morgan fingerprint density at radius 1 is 0.765 bits per heavy atom. The molecule has 0 bridgehead atoms. The van der Waals surface area contributed by atoms with Gasteiger partial charge in [0.25, 0.3) is 5.91 Å². The molecule has 1 atom stereocenters. The van der Waals surface area contributed by atoms with Crippen LogP contribution in [0.4, 0.5) is 17.1 Å². The number of rotatable bonds is 7. The SMILES string of the molecule is C[C@H](NC(=O)/C(C#N)=C/c1ccc(N(c2ccccc2)c2ccccc2)cc1)c1ccccc1. The summed E-state index contributed by atoms with van der Waals surface area (Å²) in [7, 11) is 0. The van der Waals surface area contributed by atoms with Gasteiger partial charge in [-0.3, -0.25) is 4.79 Å². The average molecular weight is 444 g/mol. The first-order valence-electron chi connectivity index (χ1n) is 11.1. The van der Waals surface area contributed by atoms with Gasteiger partial charge < -0.3 is 10.2 Å². The first-order valence-corrected chi connectivity index (χ1v) is 11.1. The molecule has 0 aliphatic rings. The van der Waals surface area contributed by atoms with Crippen molar-refractivity contribution in [2.24, 2.45) is 0 Å². The number of nitrogens with one attached hydrogen (secondary N) is 1. The molecule has 4 rings (SSSR count). The maximum atomic E-state index is 12.7. The zero-order chi connectivity index (χ0) is 23.8. The summed E-state index contributed by atoms with van der Waals surface area (Å²) in [5, 5.41) is 12.5. The van der Waals surface area contributed by atoms with Crippen LogP contribution in [-0.2, 0) is 4.79 Å². The molecule has 4 nitrogen and oxygen atoms in total. The van der Waals surface area contributed by atoms with E-state index in [1.165, 1.54) is 0 Å². The highest BCUT2D eigenvalue weighted by atomic mass is 16.1. The smallest absolute Gasteiger partial charge is 0.262 e. The highest BCUT2D eigenvalue weighted by Gasteiger charge is 2.15. The van der Waals surface area contributed by atoms with Gasteiger partial charge in [-0.2, -0.15) is 5.26 Å². The van der Waals surface area contributed by atoms with Crippen molar-refractivity contribution in [3.8, 4) is 6.07 Å². The van der Waals surface area contributed by atoms with Gasteiger partial charge in [0.15, 0.2) is 0 Å². The molecule has 0 saturated carbocycles. The molecule has 0 unspecified atom stereocenters. The van der Waals surface area contributed by atoms with Crippen LogP contribution in [0.2, 0.25) is 0 Å². The van der Waals surface area contributed by atoms with Crippen molar-refractivity contribution in [2.45, 2.75) is 13.0 Å². The first-order chi connectivity index (χ1) is 16.7. The Morgan fingerprint density at radius 2 is 1.24 bits per heavy atom. The number of anilines is 3. The summed E-state index contributed by atoms with van der Waals surface area (Å²) >= 11 is 0. The Bertz CT molecular complexity index is 1250. The molecule has 0 aromatic heterocycles. The predicted octanol–water partition coefficient (Wildman–Crippen LogP) is 6.94. The lowest BCUT2D eigenvalue weighted by Crippen LogP contribution is -2.27. The minimum absolute atomic E-state index is 0.0681. The Morgan fingerprint density at radius 3 is 1.74 bits per heavy atom. The lowest BCUT2D eigenvalue weighted by Gasteiger charge is -2.25. The van der Waals surface area contributed by atoms with Crippen LogP contribution in [0, 0.1) is 11.3 Å². The van der Waals surface area contributed by atoms with E-state index in [1.54, 1.807) is 6.08 Å². The van der Waals surface area contributed by atoms with E-state index in [0.29, 0.717) is 0 Å².